The van der Waals surface area contributed by atoms with Crippen molar-refractivity contribution in [3.8, 4) is 11.4 Å². The molecule has 0 saturated heterocycles. The van der Waals surface area contributed by atoms with E-state index in [0.29, 0.717) is 12.1 Å². The molecule has 2 aromatic rings. The van der Waals surface area contributed by atoms with Crippen LogP contribution in [0.15, 0.2) is 28.8 Å². The highest BCUT2D eigenvalue weighted by molar-refractivity contribution is 7.90. The minimum atomic E-state index is -4.39. The highest BCUT2D eigenvalue weighted by Crippen LogP contribution is 2.31. The highest BCUT2D eigenvalue weighted by Gasteiger charge is 2.30. The first-order chi connectivity index (χ1) is 14.0. The third-order valence-electron chi connectivity index (χ3n) is 5.26. The van der Waals surface area contributed by atoms with Gasteiger partial charge in [0.25, 0.3) is 0 Å². The number of sulfonamides is 1. The molecule has 30 heavy (non-hydrogen) atoms. The first kappa shape index (κ1) is 22.5. The van der Waals surface area contributed by atoms with Gasteiger partial charge in [-0.3, -0.25) is 0 Å². The topological polar surface area (TPSA) is 97.1 Å². The summed E-state index contributed by atoms with van der Waals surface area (Å²) in [5, 5.41) is 6.53. The Morgan fingerprint density at radius 1 is 1.13 bits per heavy atom. The third-order valence-corrected chi connectivity index (χ3v) is 7.07. The summed E-state index contributed by atoms with van der Waals surface area (Å²) >= 11 is 0. The van der Waals surface area contributed by atoms with E-state index in [1.807, 2.05) is 0 Å². The standard InChI is InChI=1S/C19H25F3N4O3S/c1-12(2)30(27,28)23-11-13-3-9-16(10-4-13)24-18-25-17(26-29-18)14-5-7-15(8-6-14)19(20,21)22/h5-8,12-13,16,23H,3-4,9-11H2,1-2H3,(H,24,25,26)/t13-,16-. The summed E-state index contributed by atoms with van der Waals surface area (Å²) in [6.45, 7) is 3.73. The van der Waals surface area contributed by atoms with Crippen molar-refractivity contribution < 1.29 is 26.1 Å². The van der Waals surface area contributed by atoms with Crippen molar-refractivity contribution in [1.29, 1.82) is 0 Å². The normalized spacial score (nSPS) is 20.5. The predicted molar refractivity (Wildman–Crippen MR) is 106 cm³/mol. The lowest BCUT2D eigenvalue weighted by atomic mass is 9.86. The Hall–Kier alpha value is -2.14. The second kappa shape index (κ2) is 8.93. The SMILES string of the molecule is CC(C)S(=O)(=O)NC[C@H]1CC[C@H](Nc2nc(-c3ccc(C(F)(F)F)cc3)no2)CC1. The zero-order valence-corrected chi connectivity index (χ0v) is 17.6. The molecule has 11 heteroatoms. The molecule has 3 rings (SSSR count). The van der Waals surface area contributed by atoms with E-state index in [1.165, 1.54) is 12.1 Å². The number of anilines is 1. The molecule has 1 aromatic heterocycles. The van der Waals surface area contributed by atoms with E-state index in [1.54, 1.807) is 13.8 Å². The van der Waals surface area contributed by atoms with Gasteiger partial charge in [-0.2, -0.15) is 18.2 Å². The van der Waals surface area contributed by atoms with Crippen LogP contribution in [0.2, 0.25) is 0 Å². The fourth-order valence-electron chi connectivity index (χ4n) is 3.29. The molecular weight excluding hydrogens is 421 g/mol. The summed E-state index contributed by atoms with van der Waals surface area (Å²) < 4.78 is 69.6. The quantitative estimate of drug-likeness (QED) is 0.666. The van der Waals surface area contributed by atoms with Crippen LogP contribution < -0.4 is 10.0 Å². The highest BCUT2D eigenvalue weighted by atomic mass is 32.2. The molecule has 0 radical (unpaired) electrons. The van der Waals surface area contributed by atoms with Gasteiger partial charge in [-0.15, -0.1) is 0 Å². The van der Waals surface area contributed by atoms with Gasteiger partial charge in [0.05, 0.1) is 10.8 Å². The van der Waals surface area contributed by atoms with E-state index < -0.39 is 27.0 Å². The van der Waals surface area contributed by atoms with Crippen molar-refractivity contribution in [2.75, 3.05) is 11.9 Å². The van der Waals surface area contributed by atoms with Gasteiger partial charge >= 0.3 is 12.2 Å². The lowest BCUT2D eigenvalue weighted by molar-refractivity contribution is -0.137. The largest absolute Gasteiger partial charge is 0.416 e. The van der Waals surface area contributed by atoms with Crippen LogP contribution in [0.4, 0.5) is 19.2 Å². The molecule has 1 saturated carbocycles. The average Bonchev–Trinajstić information content (AvgIpc) is 3.15. The molecule has 0 bridgehead atoms. The summed E-state index contributed by atoms with van der Waals surface area (Å²) in [7, 11) is -3.26. The molecule has 2 N–H and O–H groups in total. The molecular formula is C19H25F3N4O3S. The molecule has 0 amide bonds. The van der Waals surface area contributed by atoms with Gasteiger partial charge in [0.15, 0.2) is 0 Å². The maximum atomic E-state index is 12.7. The summed E-state index contributed by atoms with van der Waals surface area (Å²) in [6.07, 6.45) is -1.02. The van der Waals surface area contributed by atoms with Crippen molar-refractivity contribution in [1.82, 2.24) is 14.9 Å². The number of nitrogens with zero attached hydrogens (tertiary/aromatic N) is 2. The van der Waals surface area contributed by atoms with Crippen molar-refractivity contribution in [3.05, 3.63) is 29.8 Å². The van der Waals surface area contributed by atoms with E-state index in [0.717, 1.165) is 37.8 Å². The van der Waals surface area contributed by atoms with Crippen LogP contribution >= 0.6 is 0 Å². The Balaban J connectivity index is 1.50. The Morgan fingerprint density at radius 2 is 1.77 bits per heavy atom. The summed E-state index contributed by atoms with van der Waals surface area (Å²) in [4.78, 5) is 4.21. The van der Waals surface area contributed by atoms with Gasteiger partial charge in [0.1, 0.15) is 0 Å². The first-order valence-corrected chi connectivity index (χ1v) is 11.4. The fraction of sp³-hybridized carbons (Fsp3) is 0.579. The average molecular weight is 446 g/mol. The lowest BCUT2D eigenvalue weighted by Crippen LogP contribution is -2.37. The van der Waals surface area contributed by atoms with Crippen LogP contribution in [0, 0.1) is 5.92 Å². The smallest absolute Gasteiger partial charge is 0.335 e. The molecule has 166 valence electrons. The zero-order valence-electron chi connectivity index (χ0n) is 16.7. The van der Waals surface area contributed by atoms with Crippen molar-refractivity contribution in [2.24, 2.45) is 5.92 Å². The first-order valence-electron chi connectivity index (χ1n) is 9.81. The number of hydrogen-bond acceptors (Lipinski definition) is 6. The summed E-state index contributed by atoms with van der Waals surface area (Å²) in [5.41, 5.74) is -0.304. The molecule has 1 heterocycles. The van der Waals surface area contributed by atoms with Crippen molar-refractivity contribution >= 4 is 16.0 Å². The van der Waals surface area contributed by atoms with Crippen molar-refractivity contribution in [3.63, 3.8) is 0 Å². The number of rotatable bonds is 7. The van der Waals surface area contributed by atoms with Gasteiger partial charge in [-0.25, -0.2) is 13.1 Å². The van der Waals surface area contributed by atoms with E-state index in [2.05, 4.69) is 20.2 Å². The maximum Gasteiger partial charge on any atom is 0.416 e. The van der Waals surface area contributed by atoms with E-state index >= 15 is 0 Å². The summed E-state index contributed by atoms with van der Waals surface area (Å²) in [5.74, 6) is 0.491. The Bertz CT molecular complexity index is 935. The van der Waals surface area contributed by atoms with Gasteiger partial charge in [0.2, 0.25) is 15.8 Å². The minimum Gasteiger partial charge on any atom is -0.335 e. The Kier molecular flexibility index (Phi) is 6.71. The fourth-order valence-corrected chi connectivity index (χ4v) is 4.10. The maximum absolute atomic E-state index is 12.7. The van der Waals surface area contributed by atoms with Gasteiger partial charge in [-0.1, -0.05) is 17.3 Å². The van der Waals surface area contributed by atoms with Crippen LogP contribution in [0.1, 0.15) is 45.1 Å². The lowest BCUT2D eigenvalue weighted by Gasteiger charge is -2.28. The molecule has 0 atom stereocenters. The van der Waals surface area contributed by atoms with Crippen LogP contribution in [0.25, 0.3) is 11.4 Å². The number of hydrogen-bond donors (Lipinski definition) is 2. The van der Waals surface area contributed by atoms with Crippen LogP contribution in [-0.4, -0.2) is 36.4 Å². The van der Waals surface area contributed by atoms with Crippen LogP contribution in [0.3, 0.4) is 0 Å². The predicted octanol–water partition coefficient (Wildman–Crippen LogP) is 4.05. The second-order valence-electron chi connectivity index (χ2n) is 7.80. The number of halogens is 3. The second-order valence-corrected chi connectivity index (χ2v) is 10.1. The van der Waals surface area contributed by atoms with E-state index in [4.69, 9.17) is 4.52 Å². The number of benzene rings is 1. The van der Waals surface area contributed by atoms with Gasteiger partial charge in [-0.05, 0) is 57.6 Å². The Morgan fingerprint density at radius 3 is 2.33 bits per heavy atom. The van der Waals surface area contributed by atoms with Crippen LogP contribution in [0.5, 0.6) is 0 Å². The molecule has 1 aromatic carbocycles. The van der Waals surface area contributed by atoms with Gasteiger partial charge in [0, 0.05) is 18.2 Å². The third kappa shape index (κ3) is 5.72. The molecule has 0 unspecified atom stereocenters. The van der Waals surface area contributed by atoms with Crippen molar-refractivity contribution in [2.45, 2.75) is 57.0 Å². The monoisotopic (exact) mass is 446 g/mol. The number of alkyl halides is 3. The minimum absolute atomic E-state index is 0.115. The van der Waals surface area contributed by atoms with Crippen LogP contribution in [-0.2, 0) is 16.2 Å². The molecule has 1 fully saturated rings. The van der Waals surface area contributed by atoms with E-state index in [-0.39, 0.29) is 23.8 Å². The molecule has 1 aliphatic carbocycles. The molecule has 0 aliphatic heterocycles. The zero-order chi connectivity index (χ0) is 21.9. The molecule has 1 aliphatic rings. The number of aromatic nitrogens is 2. The number of nitrogens with one attached hydrogen (secondary N) is 2. The van der Waals surface area contributed by atoms with Gasteiger partial charge < -0.3 is 9.84 Å². The molecule has 0 spiro atoms. The Labute approximate surface area is 173 Å². The summed E-state index contributed by atoms with van der Waals surface area (Å²) in [6, 6.07) is 4.90. The van der Waals surface area contributed by atoms with E-state index in [9.17, 15) is 21.6 Å². The molecule has 7 nitrogen and oxygen atoms in total.